The van der Waals surface area contributed by atoms with E-state index in [4.69, 9.17) is 10.0 Å². The number of benzene rings is 1. The number of ketones is 1. The predicted octanol–water partition coefficient (Wildman–Crippen LogP) is 0.111. The maximum atomic E-state index is 11.9. The summed E-state index contributed by atoms with van der Waals surface area (Å²) in [6.45, 7) is 0. The van der Waals surface area contributed by atoms with Gasteiger partial charge in [-0.25, -0.2) is 0 Å². The minimum atomic E-state index is -4.92. The highest BCUT2D eigenvalue weighted by atomic mass is 19.4. The fraction of sp³-hybridized carbons (Fsp3) is 0.125. The number of carbonyl (C=O) groups excluding carboxylic acids is 1. The van der Waals surface area contributed by atoms with Crippen LogP contribution in [0.2, 0.25) is 0 Å². The Kier molecular flexibility index (Phi) is 3.16. The van der Waals surface area contributed by atoms with Gasteiger partial charge in [0.2, 0.25) is 0 Å². The first-order valence-corrected chi connectivity index (χ1v) is 3.90. The van der Waals surface area contributed by atoms with Gasteiger partial charge in [-0.15, -0.1) is 0 Å². The average Bonchev–Trinajstić information content (AvgIpc) is 2.15. The second-order valence-electron chi connectivity index (χ2n) is 2.82. The van der Waals surface area contributed by atoms with Crippen molar-refractivity contribution in [3.8, 4) is 0 Å². The van der Waals surface area contributed by atoms with Crippen molar-refractivity contribution in [3.63, 3.8) is 0 Å². The van der Waals surface area contributed by atoms with E-state index < -0.39 is 24.6 Å². The lowest BCUT2D eigenvalue weighted by Gasteiger charge is -2.05. The van der Waals surface area contributed by atoms with Gasteiger partial charge in [-0.3, -0.25) is 4.79 Å². The van der Waals surface area contributed by atoms with Crippen LogP contribution >= 0.6 is 0 Å². The molecule has 2 N–H and O–H groups in total. The van der Waals surface area contributed by atoms with Crippen molar-refractivity contribution in [2.75, 3.05) is 0 Å². The predicted molar refractivity (Wildman–Crippen MR) is 46.7 cm³/mol. The highest BCUT2D eigenvalue weighted by molar-refractivity contribution is 6.58. The van der Waals surface area contributed by atoms with Crippen molar-refractivity contribution >= 4 is 18.4 Å². The summed E-state index contributed by atoms with van der Waals surface area (Å²) in [6, 6.07) is 3.88. The second kappa shape index (κ2) is 4.04. The van der Waals surface area contributed by atoms with Gasteiger partial charge in [-0.05, 0) is 5.46 Å². The van der Waals surface area contributed by atoms with Crippen molar-refractivity contribution in [1.82, 2.24) is 0 Å². The lowest BCUT2D eigenvalue weighted by Crippen LogP contribution is -2.30. The maximum absolute atomic E-state index is 11.9. The molecule has 1 aromatic carbocycles. The van der Waals surface area contributed by atoms with Gasteiger partial charge in [-0.1, -0.05) is 24.3 Å². The fourth-order valence-corrected chi connectivity index (χ4v) is 0.970. The molecule has 1 aromatic rings. The third-order valence-electron chi connectivity index (χ3n) is 1.73. The quantitative estimate of drug-likeness (QED) is 0.547. The molecule has 0 atom stereocenters. The van der Waals surface area contributed by atoms with Crippen LogP contribution in [0.1, 0.15) is 10.4 Å². The van der Waals surface area contributed by atoms with Gasteiger partial charge in [0.1, 0.15) is 0 Å². The molecular formula is C8H6BF3O3. The number of hydrogen-bond acceptors (Lipinski definition) is 3. The number of rotatable bonds is 2. The monoisotopic (exact) mass is 218 g/mol. The number of hydrogen-bond donors (Lipinski definition) is 2. The van der Waals surface area contributed by atoms with Gasteiger partial charge < -0.3 is 10.0 Å². The van der Waals surface area contributed by atoms with Crippen molar-refractivity contribution in [3.05, 3.63) is 29.8 Å². The summed E-state index contributed by atoms with van der Waals surface area (Å²) in [5.41, 5.74) is -0.513. The highest BCUT2D eigenvalue weighted by Gasteiger charge is 2.39. The van der Waals surface area contributed by atoms with Gasteiger partial charge >= 0.3 is 13.3 Å². The number of carbonyl (C=O) groups is 1. The SMILES string of the molecule is O=C(c1ccc(B(O)O)cc1)C(F)(F)F. The van der Waals surface area contributed by atoms with Crippen LogP contribution in [0, 0.1) is 0 Å². The van der Waals surface area contributed by atoms with Crippen molar-refractivity contribution in [2.24, 2.45) is 0 Å². The molecule has 0 radical (unpaired) electrons. The zero-order chi connectivity index (χ0) is 11.6. The summed E-state index contributed by atoms with van der Waals surface area (Å²) in [5, 5.41) is 17.3. The number of halogens is 3. The lowest BCUT2D eigenvalue weighted by molar-refractivity contribution is -0.0885. The minimum absolute atomic E-state index is 0.0220. The topological polar surface area (TPSA) is 57.5 Å². The molecule has 0 heterocycles. The van der Waals surface area contributed by atoms with E-state index in [0.29, 0.717) is 0 Å². The third kappa shape index (κ3) is 2.80. The van der Waals surface area contributed by atoms with Crippen LogP contribution in [0.5, 0.6) is 0 Å². The van der Waals surface area contributed by atoms with Gasteiger partial charge in [0.15, 0.2) is 0 Å². The van der Waals surface area contributed by atoms with E-state index >= 15 is 0 Å². The Hall–Kier alpha value is -1.34. The van der Waals surface area contributed by atoms with Crippen molar-refractivity contribution in [1.29, 1.82) is 0 Å². The Labute approximate surface area is 83.3 Å². The lowest BCUT2D eigenvalue weighted by atomic mass is 9.80. The van der Waals surface area contributed by atoms with E-state index in [2.05, 4.69) is 0 Å². The van der Waals surface area contributed by atoms with E-state index in [1.54, 1.807) is 0 Å². The third-order valence-corrected chi connectivity index (χ3v) is 1.73. The molecule has 80 valence electrons. The van der Waals surface area contributed by atoms with Crippen LogP contribution in [-0.2, 0) is 0 Å². The van der Waals surface area contributed by atoms with Crippen molar-refractivity contribution in [2.45, 2.75) is 6.18 Å². The molecular weight excluding hydrogens is 212 g/mol. The normalized spacial score (nSPS) is 11.3. The van der Waals surface area contributed by atoms with E-state index in [-0.39, 0.29) is 5.46 Å². The summed E-state index contributed by atoms with van der Waals surface area (Å²) in [4.78, 5) is 10.7. The molecule has 7 heteroatoms. The van der Waals surface area contributed by atoms with Crippen LogP contribution in [0.3, 0.4) is 0 Å². The molecule has 0 saturated heterocycles. The Balaban J connectivity index is 2.95. The molecule has 0 aliphatic heterocycles. The second-order valence-corrected chi connectivity index (χ2v) is 2.82. The molecule has 0 aromatic heterocycles. The average molecular weight is 218 g/mol. The summed E-state index contributed by atoms with van der Waals surface area (Å²) in [6.07, 6.45) is -4.92. The first-order chi connectivity index (χ1) is 6.82. The standard InChI is InChI=1S/C8H6BF3O3/c10-8(11,12)7(13)5-1-3-6(4-2-5)9(14)15/h1-4,14-15H. The first kappa shape index (κ1) is 11.7. The summed E-state index contributed by atoms with van der Waals surface area (Å²) in [5.74, 6) is -1.96. The molecule has 0 fully saturated rings. The zero-order valence-corrected chi connectivity index (χ0v) is 7.32. The van der Waals surface area contributed by atoms with Crippen LogP contribution in [0.25, 0.3) is 0 Å². The molecule has 0 aliphatic rings. The molecule has 0 spiro atoms. The molecule has 0 bridgehead atoms. The van der Waals surface area contributed by atoms with Crippen LogP contribution in [-0.4, -0.2) is 29.1 Å². The maximum Gasteiger partial charge on any atom is 0.488 e. The van der Waals surface area contributed by atoms with Crippen molar-refractivity contribution < 1.29 is 28.0 Å². The summed E-state index contributed by atoms with van der Waals surface area (Å²) in [7, 11) is -1.76. The van der Waals surface area contributed by atoms with Gasteiger partial charge in [0.25, 0.3) is 5.78 Å². The Morgan fingerprint density at radius 2 is 1.60 bits per heavy atom. The molecule has 1 rings (SSSR count). The van der Waals surface area contributed by atoms with E-state index in [0.717, 1.165) is 24.3 Å². The number of Topliss-reactive ketones (excluding diaryl/α,β-unsaturated/α-hetero) is 1. The van der Waals surface area contributed by atoms with Gasteiger partial charge in [0, 0.05) is 5.56 Å². The van der Waals surface area contributed by atoms with Gasteiger partial charge in [0.05, 0.1) is 0 Å². The van der Waals surface area contributed by atoms with E-state index in [9.17, 15) is 18.0 Å². The molecule has 3 nitrogen and oxygen atoms in total. The smallest absolute Gasteiger partial charge is 0.423 e. The minimum Gasteiger partial charge on any atom is -0.423 e. The van der Waals surface area contributed by atoms with Gasteiger partial charge in [-0.2, -0.15) is 13.2 Å². The Morgan fingerprint density at radius 3 is 1.93 bits per heavy atom. The molecule has 0 amide bonds. The molecule has 15 heavy (non-hydrogen) atoms. The first-order valence-electron chi connectivity index (χ1n) is 3.90. The molecule has 0 saturated carbocycles. The Bertz CT molecular complexity index is 358. The summed E-state index contributed by atoms with van der Waals surface area (Å²) >= 11 is 0. The van der Waals surface area contributed by atoms with E-state index in [1.165, 1.54) is 0 Å². The molecule has 0 unspecified atom stereocenters. The summed E-state index contributed by atoms with van der Waals surface area (Å²) < 4.78 is 35.8. The van der Waals surface area contributed by atoms with Crippen LogP contribution < -0.4 is 5.46 Å². The Morgan fingerprint density at radius 1 is 1.13 bits per heavy atom. The highest BCUT2D eigenvalue weighted by Crippen LogP contribution is 2.20. The van der Waals surface area contributed by atoms with Crippen LogP contribution in [0.15, 0.2) is 24.3 Å². The largest absolute Gasteiger partial charge is 0.488 e. The fourth-order valence-electron chi connectivity index (χ4n) is 0.970. The number of alkyl halides is 3. The van der Waals surface area contributed by atoms with Crippen LogP contribution in [0.4, 0.5) is 13.2 Å². The zero-order valence-electron chi connectivity index (χ0n) is 7.32. The molecule has 0 aliphatic carbocycles. The van der Waals surface area contributed by atoms with E-state index in [1.807, 2.05) is 0 Å².